The maximum atomic E-state index is 13.3. The molecule has 4 rings (SSSR count). The Kier molecular flexibility index (Phi) is 4.49. The minimum atomic E-state index is -0.932. The molecule has 27 heavy (non-hydrogen) atoms. The molecule has 1 fully saturated rings. The van der Waals surface area contributed by atoms with E-state index in [9.17, 15) is 14.0 Å². The number of rotatable bonds is 2. The number of ether oxygens (including phenoxy) is 1. The van der Waals surface area contributed by atoms with E-state index in [0.717, 1.165) is 19.3 Å². The van der Waals surface area contributed by atoms with Gasteiger partial charge in [0.1, 0.15) is 11.6 Å². The van der Waals surface area contributed by atoms with Crippen molar-refractivity contribution < 1.29 is 18.7 Å². The van der Waals surface area contributed by atoms with Crippen molar-refractivity contribution in [1.29, 1.82) is 0 Å². The average molecular weight is 369 g/mol. The van der Waals surface area contributed by atoms with Crippen LogP contribution in [-0.2, 0) is 4.74 Å². The summed E-state index contributed by atoms with van der Waals surface area (Å²) in [5.74, 6) is -0.608. The summed E-state index contributed by atoms with van der Waals surface area (Å²) in [6, 6.07) is 9.58. The molecule has 0 spiro atoms. The molecule has 140 valence electrons. The highest BCUT2D eigenvalue weighted by Crippen LogP contribution is 2.37. The van der Waals surface area contributed by atoms with Crippen molar-refractivity contribution in [3.8, 4) is 0 Å². The number of fused-ring (bicyclic) bond motifs is 1. The van der Waals surface area contributed by atoms with Crippen LogP contribution in [-0.4, -0.2) is 60.0 Å². The van der Waals surface area contributed by atoms with Gasteiger partial charge in [-0.3, -0.25) is 9.69 Å². The summed E-state index contributed by atoms with van der Waals surface area (Å²) in [6.07, 6.45) is -0.381. The maximum absolute atomic E-state index is 13.3. The Bertz CT molecular complexity index is 866. The number of carbonyl (C=O) groups excluding carboxylic acids is 2. The standard InChI is InChI=1S/C19H19FN4O3/c1-22-8-10-23(11-9-22)19(26)27-18-15-5-3-2-4-14(15)17(25)24(18)16-7-6-13(20)12-21-16/h2-7,12,18H,8-11H2,1H3/t18-/m0/s1/i20-1. The molecule has 1 atom stereocenters. The number of benzene rings is 1. The lowest BCUT2D eigenvalue weighted by atomic mass is 10.1. The summed E-state index contributed by atoms with van der Waals surface area (Å²) >= 11 is 0. The predicted molar refractivity (Wildman–Crippen MR) is 95.7 cm³/mol. The summed E-state index contributed by atoms with van der Waals surface area (Å²) in [7, 11) is 2.00. The Morgan fingerprint density at radius 3 is 2.59 bits per heavy atom. The second-order valence-electron chi connectivity index (χ2n) is 6.62. The van der Waals surface area contributed by atoms with Crippen molar-refractivity contribution >= 4 is 17.8 Å². The van der Waals surface area contributed by atoms with Crippen LogP contribution in [0.3, 0.4) is 0 Å². The quantitative estimate of drug-likeness (QED) is 0.812. The van der Waals surface area contributed by atoms with E-state index in [0.29, 0.717) is 24.2 Å². The number of piperazine rings is 1. The number of pyridine rings is 1. The number of aromatic nitrogens is 1. The van der Waals surface area contributed by atoms with Gasteiger partial charge in [-0.25, -0.2) is 14.2 Å². The molecule has 8 heteroatoms. The minimum absolute atomic E-state index is 0.230. The fourth-order valence-electron chi connectivity index (χ4n) is 3.29. The Labute approximate surface area is 155 Å². The zero-order valence-electron chi connectivity index (χ0n) is 14.8. The van der Waals surface area contributed by atoms with Gasteiger partial charge in [-0.15, -0.1) is 0 Å². The zero-order chi connectivity index (χ0) is 19.0. The van der Waals surface area contributed by atoms with Gasteiger partial charge < -0.3 is 14.5 Å². The third-order valence-electron chi connectivity index (χ3n) is 4.84. The number of halogens is 1. The van der Waals surface area contributed by atoms with Gasteiger partial charge in [0, 0.05) is 37.3 Å². The molecular formula is C19H19FN4O3. The molecule has 3 heterocycles. The monoisotopic (exact) mass is 369 g/mol. The third-order valence-corrected chi connectivity index (χ3v) is 4.84. The summed E-state index contributed by atoms with van der Waals surface area (Å²) in [5.41, 5.74) is 1.04. The van der Waals surface area contributed by atoms with Crippen molar-refractivity contribution in [3.05, 3.63) is 59.5 Å². The number of amides is 2. The van der Waals surface area contributed by atoms with Crippen LogP contribution in [0.4, 0.5) is 15.0 Å². The minimum Gasteiger partial charge on any atom is -0.420 e. The number of likely N-dealkylation sites (N-methyl/N-ethyl adjacent to an activating group) is 1. The second kappa shape index (κ2) is 6.96. The molecule has 1 aromatic heterocycles. The smallest absolute Gasteiger partial charge is 0.412 e. The molecule has 2 aliphatic rings. The van der Waals surface area contributed by atoms with Gasteiger partial charge in [0.2, 0.25) is 6.23 Å². The van der Waals surface area contributed by atoms with Crippen LogP contribution in [0.2, 0.25) is 0 Å². The van der Waals surface area contributed by atoms with Gasteiger partial charge >= 0.3 is 6.09 Å². The van der Waals surface area contributed by atoms with E-state index in [1.807, 2.05) is 7.05 Å². The Hall–Kier alpha value is -3.00. The van der Waals surface area contributed by atoms with Crippen LogP contribution >= 0.6 is 0 Å². The molecule has 0 bridgehead atoms. The van der Waals surface area contributed by atoms with Crippen molar-refractivity contribution in [2.24, 2.45) is 0 Å². The number of nitrogens with zero attached hydrogens (tertiary/aromatic N) is 4. The van der Waals surface area contributed by atoms with Crippen LogP contribution in [0.1, 0.15) is 22.1 Å². The first-order chi connectivity index (χ1) is 13.0. The van der Waals surface area contributed by atoms with E-state index in [-0.39, 0.29) is 11.7 Å². The second-order valence-corrected chi connectivity index (χ2v) is 6.62. The maximum Gasteiger partial charge on any atom is 0.412 e. The number of hydrogen-bond donors (Lipinski definition) is 0. The van der Waals surface area contributed by atoms with Gasteiger partial charge in [-0.05, 0) is 25.2 Å². The predicted octanol–water partition coefficient (Wildman–Crippen LogP) is 2.26. The molecule has 0 aliphatic carbocycles. The molecular weight excluding hydrogens is 350 g/mol. The normalized spacial score (nSPS) is 19.9. The zero-order valence-corrected chi connectivity index (χ0v) is 14.8. The van der Waals surface area contributed by atoms with Gasteiger partial charge in [0.15, 0.2) is 0 Å². The van der Waals surface area contributed by atoms with Gasteiger partial charge in [-0.2, -0.15) is 0 Å². The molecule has 1 saturated heterocycles. The summed E-state index contributed by atoms with van der Waals surface area (Å²) < 4.78 is 19.0. The summed E-state index contributed by atoms with van der Waals surface area (Å²) in [4.78, 5) is 34.6. The van der Waals surface area contributed by atoms with E-state index >= 15 is 0 Å². The number of anilines is 1. The first-order valence-corrected chi connectivity index (χ1v) is 8.73. The number of carbonyl (C=O) groups is 2. The van der Waals surface area contributed by atoms with E-state index in [1.165, 1.54) is 17.0 Å². The van der Waals surface area contributed by atoms with Gasteiger partial charge in [-0.1, -0.05) is 18.2 Å². The van der Waals surface area contributed by atoms with Gasteiger partial charge in [0.25, 0.3) is 5.91 Å². The Morgan fingerprint density at radius 1 is 1.15 bits per heavy atom. The highest BCUT2D eigenvalue weighted by atomic mass is 18.2. The van der Waals surface area contributed by atoms with Gasteiger partial charge in [0.05, 0.1) is 6.20 Å². The highest BCUT2D eigenvalue weighted by molar-refractivity contribution is 6.10. The topological polar surface area (TPSA) is 66.0 Å². The van der Waals surface area contributed by atoms with Crippen LogP contribution in [0.15, 0.2) is 42.6 Å². The van der Waals surface area contributed by atoms with E-state index < -0.39 is 18.1 Å². The van der Waals surface area contributed by atoms with Crippen LogP contribution in [0.25, 0.3) is 0 Å². The fourth-order valence-corrected chi connectivity index (χ4v) is 3.29. The van der Waals surface area contributed by atoms with Crippen LogP contribution < -0.4 is 4.90 Å². The first kappa shape index (κ1) is 17.4. The Morgan fingerprint density at radius 2 is 1.89 bits per heavy atom. The molecule has 2 amide bonds. The molecule has 2 aromatic rings. The summed E-state index contributed by atoms with van der Waals surface area (Å²) in [6.45, 7) is 2.65. The number of hydrogen-bond acceptors (Lipinski definition) is 5. The largest absolute Gasteiger partial charge is 0.420 e. The van der Waals surface area contributed by atoms with E-state index in [4.69, 9.17) is 4.74 Å². The van der Waals surface area contributed by atoms with Crippen molar-refractivity contribution in [1.82, 2.24) is 14.8 Å². The van der Waals surface area contributed by atoms with E-state index in [1.54, 1.807) is 29.2 Å². The molecule has 0 unspecified atom stereocenters. The van der Waals surface area contributed by atoms with Crippen molar-refractivity contribution in [2.45, 2.75) is 6.23 Å². The molecule has 0 saturated carbocycles. The molecule has 2 aliphatic heterocycles. The SMILES string of the molecule is CN1CCN(C(=O)O[C@H]2c3ccccc3C(=O)N2c2ccc([18F])cn2)CC1. The Balaban J connectivity index is 1.63. The summed E-state index contributed by atoms with van der Waals surface area (Å²) in [5, 5.41) is 0. The third kappa shape index (κ3) is 3.23. The molecule has 1 aromatic carbocycles. The van der Waals surface area contributed by atoms with Crippen LogP contribution in [0.5, 0.6) is 0 Å². The molecule has 0 N–H and O–H groups in total. The highest BCUT2D eigenvalue weighted by Gasteiger charge is 2.41. The lowest BCUT2D eigenvalue weighted by molar-refractivity contribution is 0.0488. The lowest BCUT2D eigenvalue weighted by Gasteiger charge is -2.33. The first-order valence-electron chi connectivity index (χ1n) is 8.73. The van der Waals surface area contributed by atoms with Crippen molar-refractivity contribution in [2.75, 3.05) is 38.1 Å². The average Bonchev–Trinajstić information content (AvgIpc) is 2.95. The lowest BCUT2D eigenvalue weighted by Crippen LogP contribution is -2.48. The molecule has 0 radical (unpaired) electrons. The fraction of sp³-hybridized carbons (Fsp3) is 0.316. The van der Waals surface area contributed by atoms with Crippen molar-refractivity contribution in [3.63, 3.8) is 0 Å². The molecule has 7 nitrogen and oxygen atoms in total. The van der Waals surface area contributed by atoms with Crippen LogP contribution in [0, 0.1) is 5.82 Å². The van der Waals surface area contributed by atoms with E-state index in [2.05, 4.69) is 9.88 Å².